The fraction of sp³-hybridized carbons (Fsp3) is 0.729. The molecule has 400 valence electrons. The molecule has 15 atom stereocenters. The van der Waals surface area contributed by atoms with Crippen LogP contribution in [0.1, 0.15) is 123 Å². The maximum absolute atomic E-state index is 14.3. The first-order chi connectivity index (χ1) is 33.6. The molecule has 14 N–H and O–H groups in total. The second-order valence-corrected chi connectivity index (χ2v) is 19.5. The maximum atomic E-state index is 14.3. The minimum Gasteiger partial charge on any atom is -0.508 e. The van der Waals surface area contributed by atoms with Crippen molar-refractivity contribution >= 4 is 41.4 Å². The normalized spacial score (nSPS) is 30.2. The number of amides is 7. The van der Waals surface area contributed by atoms with E-state index in [2.05, 4.69) is 40.4 Å². The smallest absolute Gasteiger partial charge is 0.248 e. The van der Waals surface area contributed by atoms with Gasteiger partial charge in [-0.15, -0.1) is 0 Å². The zero-order chi connectivity index (χ0) is 52.7. The van der Waals surface area contributed by atoms with Crippen LogP contribution in [0.15, 0.2) is 24.3 Å². The van der Waals surface area contributed by atoms with E-state index in [1.54, 1.807) is 0 Å². The van der Waals surface area contributed by atoms with Gasteiger partial charge in [0.05, 0.1) is 24.9 Å². The molecule has 0 unspecified atom stereocenters. The summed E-state index contributed by atoms with van der Waals surface area (Å²) in [6.07, 6.45) is -4.65. The van der Waals surface area contributed by atoms with E-state index in [9.17, 15) is 79.5 Å². The second kappa shape index (κ2) is 27.7. The molecule has 0 radical (unpaired) electrons. The topological polar surface area (TPSA) is 368 Å². The molecule has 0 aliphatic carbocycles. The van der Waals surface area contributed by atoms with E-state index < -0.39 is 152 Å². The van der Waals surface area contributed by atoms with Gasteiger partial charge in [0.15, 0.2) is 6.23 Å². The SMILES string of the molecule is CC[C@H](C)CCCCCCCCCCC(=O)N[C@H]1C[C@H](O)[C@H](O)NC(=O)[C@H]2[C@H](O)[C@H](C)CN2C(=O)[C@@H](CO)NC(=O)[C@H]([C@@H](O)[C@@H](O)c2ccc(O)cc2)NC(=O)[C@@H]2C[C@H](O)CN2C(=O)[C@@H]([C@H](C)O)NC1=O. The molecule has 3 aliphatic rings. The van der Waals surface area contributed by atoms with Gasteiger partial charge in [-0.2, -0.15) is 0 Å². The van der Waals surface area contributed by atoms with Crippen LogP contribution < -0.4 is 26.6 Å². The number of phenolic OH excluding ortho intramolecular Hbond substituents is 1. The fourth-order valence-corrected chi connectivity index (χ4v) is 9.17. The Balaban J connectivity index is 1.65. The molecule has 3 heterocycles. The van der Waals surface area contributed by atoms with Crippen LogP contribution in [-0.2, 0) is 33.6 Å². The number of aromatic hydroxyl groups is 1. The van der Waals surface area contributed by atoms with Gasteiger partial charge < -0.3 is 82.3 Å². The quantitative estimate of drug-likeness (QED) is 0.0672. The highest BCUT2D eigenvalue weighted by molar-refractivity contribution is 5.98. The second-order valence-electron chi connectivity index (χ2n) is 19.5. The summed E-state index contributed by atoms with van der Waals surface area (Å²) in [5.74, 6) is -8.20. The molecule has 1 aromatic rings. The summed E-state index contributed by atoms with van der Waals surface area (Å²) in [5, 5.41) is 109. The van der Waals surface area contributed by atoms with E-state index in [-0.39, 0.29) is 24.3 Å². The van der Waals surface area contributed by atoms with Crippen LogP contribution in [0.5, 0.6) is 5.75 Å². The highest BCUT2D eigenvalue weighted by Crippen LogP contribution is 2.27. The molecule has 71 heavy (non-hydrogen) atoms. The van der Waals surface area contributed by atoms with Gasteiger partial charge in [0.2, 0.25) is 41.4 Å². The lowest BCUT2D eigenvalue weighted by atomic mass is 9.97. The van der Waals surface area contributed by atoms with Crippen molar-refractivity contribution in [1.29, 1.82) is 0 Å². The number of aliphatic hydroxyl groups is 8. The molecule has 3 saturated heterocycles. The molecule has 3 aliphatic heterocycles. The van der Waals surface area contributed by atoms with Crippen molar-refractivity contribution in [3.8, 4) is 5.75 Å². The third-order valence-corrected chi connectivity index (χ3v) is 13.8. The summed E-state index contributed by atoms with van der Waals surface area (Å²) in [7, 11) is 0. The number of benzene rings is 1. The predicted octanol–water partition coefficient (Wildman–Crippen LogP) is -2.59. The van der Waals surface area contributed by atoms with Gasteiger partial charge in [-0.1, -0.05) is 90.7 Å². The fourth-order valence-electron chi connectivity index (χ4n) is 9.17. The number of hydrogen-bond acceptors (Lipinski definition) is 16. The third-order valence-electron chi connectivity index (χ3n) is 13.8. The van der Waals surface area contributed by atoms with Crippen molar-refractivity contribution < 1.29 is 79.5 Å². The molecule has 0 saturated carbocycles. The Morgan fingerprint density at radius 2 is 1.34 bits per heavy atom. The van der Waals surface area contributed by atoms with E-state index in [0.717, 1.165) is 67.4 Å². The van der Waals surface area contributed by atoms with Gasteiger partial charge >= 0.3 is 0 Å². The van der Waals surface area contributed by atoms with Gasteiger partial charge in [-0.3, -0.25) is 33.6 Å². The Labute approximate surface area is 413 Å². The van der Waals surface area contributed by atoms with E-state index in [0.29, 0.717) is 18.8 Å². The summed E-state index contributed by atoms with van der Waals surface area (Å²) in [4.78, 5) is 99.4. The largest absolute Gasteiger partial charge is 0.508 e. The average molecular weight is 1010 g/mol. The van der Waals surface area contributed by atoms with E-state index in [1.807, 2.05) is 0 Å². The summed E-state index contributed by atoms with van der Waals surface area (Å²) >= 11 is 0. The van der Waals surface area contributed by atoms with Gasteiger partial charge in [0.1, 0.15) is 60.3 Å². The molecule has 0 bridgehead atoms. The molecule has 7 amide bonds. The number of nitrogens with one attached hydrogen (secondary N) is 5. The van der Waals surface area contributed by atoms with Crippen molar-refractivity contribution in [3.05, 3.63) is 29.8 Å². The minimum absolute atomic E-state index is 0.0508. The van der Waals surface area contributed by atoms with Gasteiger partial charge in [0, 0.05) is 38.3 Å². The summed E-state index contributed by atoms with van der Waals surface area (Å²) in [6.45, 7) is 5.00. The molecule has 0 spiro atoms. The predicted molar refractivity (Wildman–Crippen MR) is 253 cm³/mol. The zero-order valence-electron chi connectivity index (χ0n) is 41.1. The number of carbonyl (C=O) groups excluding carboxylic acids is 7. The molecule has 0 aromatic heterocycles. The van der Waals surface area contributed by atoms with Crippen molar-refractivity contribution in [2.24, 2.45) is 11.8 Å². The van der Waals surface area contributed by atoms with Crippen LogP contribution in [-0.4, -0.2) is 190 Å². The number of unbranched alkanes of at least 4 members (excludes halogenated alkanes) is 7. The lowest BCUT2D eigenvalue weighted by Crippen LogP contribution is -2.63. The van der Waals surface area contributed by atoms with E-state index in [4.69, 9.17) is 0 Å². The summed E-state index contributed by atoms with van der Waals surface area (Å²) < 4.78 is 0. The van der Waals surface area contributed by atoms with Crippen LogP contribution in [0.25, 0.3) is 0 Å². The highest BCUT2D eigenvalue weighted by atomic mass is 16.3. The number of carbonyl (C=O) groups is 7. The Hall–Kier alpha value is -5.01. The Bertz CT molecular complexity index is 1950. The standard InChI is InChI=1S/C48H77N7O16/c1-5-25(2)14-12-10-8-6-7-9-11-13-15-35(61)49-31-21-34(60)44(67)53-46(69)38-39(62)26(3)22-55(38)47(70)32(24-56)50-45(68)37(41(64)40(63)28-16-18-29(58)19-17-28)52-43(66)33-20-30(59)23-54(33)48(71)36(27(4)57)51-42(31)65/h16-19,25-27,30-34,36-41,44,56-60,62-64,67H,5-15,20-24H2,1-4H3,(H,49,61)(H,50,68)(H,51,65)(H,52,66)(H,53,69)/t25-,26+,27-,30-,31-,32+,33-,34-,36+,37-,38+,39+,40-,41+,44-/m0/s1. The van der Waals surface area contributed by atoms with Crippen LogP contribution in [0, 0.1) is 11.8 Å². The Morgan fingerprint density at radius 3 is 1.94 bits per heavy atom. The molecular formula is C48H77N7O16. The van der Waals surface area contributed by atoms with Crippen molar-refractivity contribution in [3.63, 3.8) is 0 Å². The number of nitrogens with zero attached hydrogens (tertiary/aromatic N) is 2. The number of phenols is 1. The first-order valence-corrected chi connectivity index (χ1v) is 24.9. The Morgan fingerprint density at radius 1 is 0.732 bits per heavy atom. The lowest BCUT2D eigenvalue weighted by Gasteiger charge is -2.33. The number of hydrogen-bond donors (Lipinski definition) is 14. The molecule has 4 rings (SSSR count). The van der Waals surface area contributed by atoms with Gasteiger partial charge in [-0.25, -0.2) is 0 Å². The number of rotatable bonds is 18. The van der Waals surface area contributed by atoms with Crippen LogP contribution in [0.2, 0.25) is 0 Å². The van der Waals surface area contributed by atoms with Crippen molar-refractivity contribution in [2.75, 3.05) is 19.7 Å². The minimum atomic E-state index is -2.26. The lowest BCUT2D eigenvalue weighted by molar-refractivity contribution is -0.147. The Kier molecular flexibility index (Phi) is 22.9. The van der Waals surface area contributed by atoms with Crippen LogP contribution >= 0.6 is 0 Å². The van der Waals surface area contributed by atoms with Crippen LogP contribution in [0.3, 0.4) is 0 Å². The first kappa shape index (κ1) is 58.6. The first-order valence-electron chi connectivity index (χ1n) is 24.9. The molecule has 1 aromatic carbocycles. The summed E-state index contributed by atoms with van der Waals surface area (Å²) in [6, 6.07) is -6.51. The molecule has 23 nitrogen and oxygen atoms in total. The van der Waals surface area contributed by atoms with E-state index in [1.165, 1.54) is 31.9 Å². The number of fused-ring (bicyclic) bond motifs is 2. The monoisotopic (exact) mass is 1010 g/mol. The average Bonchev–Trinajstić information content (AvgIpc) is 3.88. The zero-order valence-corrected chi connectivity index (χ0v) is 41.1. The number of aliphatic hydroxyl groups excluding tert-OH is 8. The molecule has 23 heteroatoms. The molecule has 3 fully saturated rings. The van der Waals surface area contributed by atoms with Crippen LogP contribution in [0.4, 0.5) is 0 Å². The third kappa shape index (κ3) is 16.2. The van der Waals surface area contributed by atoms with Gasteiger partial charge in [-0.05, 0) is 37.0 Å². The van der Waals surface area contributed by atoms with Crippen molar-refractivity contribution in [2.45, 2.75) is 190 Å². The van der Waals surface area contributed by atoms with Crippen molar-refractivity contribution in [1.82, 2.24) is 36.4 Å². The van der Waals surface area contributed by atoms with E-state index >= 15 is 0 Å². The summed E-state index contributed by atoms with van der Waals surface area (Å²) in [5.41, 5.74) is -0.0577. The maximum Gasteiger partial charge on any atom is 0.248 e. The van der Waals surface area contributed by atoms with Gasteiger partial charge in [0.25, 0.3) is 0 Å². The highest BCUT2D eigenvalue weighted by Gasteiger charge is 2.49. The molecular weight excluding hydrogens is 931 g/mol.